The van der Waals surface area contributed by atoms with E-state index in [4.69, 9.17) is 4.74 Å². The lowest BCUT2D eigenvalue weighted by Crippen LogP contribution is -2.53. The number of esters is 1. The molecule has 0 aromatic heterocycles. The first kappa shape index (κ1) is 20.7. The van der Waals surface area contributed by atoms with Gasteiger partial charge in [-0.2, -0.15) is 0 Å². The molecule has 146 valence electrons. The number of ether oxygens (including phenoxy) is 1. The largest absolute Gasteiger partial charge is 0.456 e. The summed E-state index contributed by atoms with van der Waals surface area (Å²) in [6.45, 7) is 9.99. The molecule has 0 amide bonds. The maximum Gasteiger partial charge on any atom is 0.309 e. The minimum absolute atomic E-state index is 0.0183. The summed E-state index contributed by atoms with van der Waals surface area (Å²) >= 11 is 0. The SMILES string of the molecule is CC(C[N+](C)(C)C1CCCCC1)OC(=O)C1CCC(C(C)(C)C)CC1. The third kappa shape index (κ3) is 5.98. The first-order valence-electron chi connectivity index (χ1n) is 10.6. The molecular formula is C22H42NO2+. The van der Waals surface area contributed by atoms with Gasteiger partial charge in [-0.15, -0.1) is 0 Å². The summed E-state index contributed by atoms with van der Waals surface area (Å²) in [4.78, 5) is 12.6. The molecule has 2 aliphatic carbocycles. The molecule has 0 aromatic rings. The van der Waals surface area contributed by atoms with Crippen molar-refractivity contribution in [3.8, 4) is 0 Å². The molecule has 0 aliphatic heterocycles. The predicted molar refractivity (Wildman–Crippen MR) is 104 cm³/mol. The van der Waals surface area contributed by atoms with Gasteiger partial charge >= 0.3 is 5.97 Å². The maximum atomic E-state index is 12.6. The van der Waals surface area contributed by atoms with Crippen LogP contribution in [-0.2, 0) is 9.53 Å². The first-order valence-corrected chi connectivity index (χ1v) is 10.6. The number of likely N-dealkylation sites (N-methyl/N-ethyl adjacent to an activating group) is 1. The number of rotatable bonds is 5. The fraction of sp³-hybridized carbons (Fsp3) is 0.955. The van der Waals surface area contributed by atoms with Gasteiger partial charge < -0.3 is 9.22 Å². The van der Waals surface area contributed by atoms with Gasteiger partial charge in [-0.05, 0) is 69.6 Å². The van der Waals surface area contributed by atoms with Gasteiger partial charge in [0.25, 0.3) is 0 Å². The quantitative estimate of drug-likeness (QED) is 0.503. The van der Waals surface area contributed by atoms with Gasteiger partial charge in [0.2, 0.25) is 0 Å². The molecule has 0 saturated heterocycles. The van der Waals surface area contributed by atoms with E-state index in [0.717, 1.165) is 35.8 Å². The molecule has 2 saturated carbocycles. The van der Waals surface area contributed by atoms with E-state index >= 15 is 0 Å². The minimum Gasteiger partial charge on any atom is -0.456 e. The molecule has 2 rings (SSSR count). The van der Waals surface area contributed by atoms with E-state index < -0.39 is 0 Å². The van der Waals surface area contributed by atoms with Crippen LogP contribution in [0.1, 0.15) is 85.5 Å². The molecular weight excluding hydrogens is 310 g/mol. The number of quaternary nitrogens is 1. The molecule has 0 radical (unpaired) electrons. The zero-order valence-corrected chi connectivity index (χ0v) is 17.6. The van der Waals surface area contributed by atoms with Gasteiger partial charge in [-0.1, -0.05) is 27.2 Å². The smallest absolute Gasteiger partial charge is 0.309 e. The number of carbonyl (C=O) groups excluding carboxylic acids is 1. The Morgan fingerprint density at radius 2 is 1.56 bits per heavy atom. The zero-order chi connectivity index (χ0) is 18.7. The van der Waals surface area contributed by atoms with Crippen molar-refractivity contribution in [3.05, 3.63) is 0 Å². The highest BCUT2D eigenvalue weighted by Crippen LogP contribution is 2.40. The fourth-order valence-electron chi connectivity index (χ4n) is 5.12. The monoisotopic (exact) mass is 352 g/mol. The van der Waals surface area contributed by atoms with Crippen LogP contribution < -0.4 is 0 Å². The topological polar surface area (TPSA) is 26.3 Å². The molecule has 0 spiro atoms. The van der Waals surface area contributed by atoms with Crippen molar-refractivity contribution < 1.29 is 14.0 Å². The Balaban J connectivity index is 1.78. The van der Waals surface area contributed by atoms with Gasteiger partial charge in [0.05, 0.1) is 26.1 Å². The Labute approximate surface area is 156 Å². The number of hydrogen-bond donors (Lipinski definition) is 0. The van der Waals surface area contributed by atoms with Gasteiger partial charge in [-0.3, -0.25) is 4.79 Å². The molecule has 0 N–H and O–H groups in total. The highest BCUT2D eigenvalue weighted by molar-refractivity contribution is 5.72. The van der Waals surface area contributed by atoms with Crippen LogP contribution >= 0.6 is 0 Å². The summed E-state index contributed by atoms with van der Waals surface area (Å²) in [5, 5.41) is 0. The maximum absolute atomic E-state index is 12.6. The normalized spacial score (nSPS) is 27.8. The standard InChI is InChI=1S/C22H42NO2/c1-17(16-23(5,6)20-10-8-7-9-11-20)25-21(24)18-12-14-19(15-13-18)22(2,3)4/h17-20H,7-16H2,1-6H3/q+1. The highest BCUT2D eigenvalue weighted by Gasteiger charge is 2.35. The number of carbonyl (C=O) groups is 1. The molecule has 2 aliphatic rings. The van der Waals surface area contributed by atoms with Crippen LogP contribution in [0.4, 0.5) is 0 Å². The summed E-state index contributed by atoms with van der Waals surface area (Å²) in [6, 6.07) is 0.733. The lowest BCUT2D eigenvalue weighted by atomic mass is 9.70. The van der Waals surface area contributed by atoms with Crippen LogP contribution in [0.15, 0.2) is 0 Å². The van der Waals surface area contributed by atoms with Gasteiger partial charge in [-0.25, -0.2) is 0 Å². The van der Waals surface area contributed by atoms with Gasteiger partial charge in [0.1, 0.15) is 12.6 Å². The second-order valence-electron chi connectivity index (χ2n) is 10.4. The van der Waals surface area contributed by atoms with Gasteiger partial charge in [0.15, 0.2) is 0 Å². The van der Waals surface area contributed by atoms with Crippen LogP contribution in [0.25, 0.3) is 0 Å². The summed E-state index contributed by atoms with van der Waals surface area (Å²) in [5.74, 6) is 0.936. The molecule has 0 bridgehead atoms. The van der Waals surface area contributed by atoms with Crippen molar-refractivity contribution in [3.63, 3.8) is 0 Å². The zero-order valence-electron chi connectivity index (χ0n) is 17.6. The third-order valence-corrected chi connectivity index (χ3v) is 6.89. The molecule has 1 unspecified atom stereocenters. The second kappa shape index (κ2) is 8.41. The Hall–Kier alpha value is -0.570. The lowest BCUT2D eigenvalue weighted by Gasteiger charge is -2.41. The van der Waals surface area contributed by atoms with E-state index in [0.29, 0.717) is 5.41 Å². The van der Waals surface area contributed by atoms with Crippen LogP contribution in [0.2, 0.25) is 0 Å². The van der Waals surface area contributed by atoms with Crippen LogP contribution in [0, 0.1) is 17.3 Å². The molecule has 0 heterocycles. The minimum atomic E-state index is 0.0183. The van der Waals surface area contributed by atoms with Gasteiger partial charge in [0, 0.05) is 0 Å². The molecule has 25 heavy (non-hydrogen) atoms. The number of hydrogen-bond acceptors (Lipinski definition) is 2. The average molecular weight is 353 g/mol. The molecule has 3 nitrogen and oxygen atoms in total. The summed E-state index contributed by atoms with van der Waals surface area (Å²) in [7, 11) is 4.63. The Kier molecular flexibility index (Phi) is 6.98. The van der Waals surface area contributed by atoms with Crippen molar-refractivity contribution in [2.75, 3.05) is 20.6 Å². The van der Waals surface area contributed by atoms with E-state index in [9.17, 15) is 4.79 Å². The summed E-state index contributed by atoms with van der Waals surface area (Å²) in [6.07, 6.45) is 11.1. The van der Waals surface area contributed by atoms with E-state index in [1.54, 1.807) is 0 Å². The van der Waals surface area contributed by atoms with Crippen molar-refractivity contribution in [1.29, 1.82) is 0 Å². The average Bonchev–Trinajstić information content (AvgIpc) is 2.54. The van der Waals surface area contributed by atoms with Crippen LogP contribution in [0.3, 0.4) is 0 Å². The van der Waals surface area contributed by atoms with E-state index in [1.165, 1.54) is 44.9 Å². The third-order valence-electron chi connectivity index (χ3n) is 6.89. The molecule has 2 fully saturated rings. The number of nitrogens with zero attached hydrogens (tertiary/aromatic N) is 1. The van der Waals surface area contributed by atoms with E-state index in [1.807, 2.05) is 0 Å². The van der Waals surface area contributed by atoms with Crippen LogP contribution in [0.5, 0.6) is 0 Å². The van der Waals surface area contributed by atoms with Crippen molar-refractivity contribution in [1.82, 2.24) is 0 Å². The van der Waals surface area contributed by atoms with Crippen LogP contribution in [-0.4, -0.2) is 43.2 Å². The Bertz CT molecular complexity index is 424. The summed E-state index contributed by atoms with van der Waals surface area (Å²) < 4.78 is 6.87. The second-order valence-corrected chi connectivity index (χ2v) is 10.4. The molecule has 3 heteroatoms. The fourth-order valence-corrected chi connectivity index (χ4v) is 5.12. The van der Waals surface area contributed by atoms with Crippen molar-refractivity contribution >= 4 is 5.97 Å². The Morgan fingerprint density at radius 3 is 2.08 bits per heavy atom. The highest BCUT2D eigenvalue weighted by atomic mass is 16.5. The lowest BCUT2D eigenvalue weighted by molar-refractivity contribution is -0.918. The Morgan fingerprint density at radius 1 is 1.00 bits per heavy atom. The van der Waals surface area contributed by atoms with E-state index in [2.05, 4.69) is 41.8 Å². The van der Waals surface area contributed by atoms with Crippen molar-refractivity contribution in [2.24, 2.45) is 17.3 Å². The first-order chi connectivity index (χ1) is 11.6. The predicted octanol–water partition coefficient (Wildman–Crippen LogP) is 5.18. The van der Waals surface area contributed by atoms with E-state index in [-0.39, 0.29) is 18.0 Å². The molecule has 0 aromatic carbocycles. The molecule has 1 atom stereocenters. The van der Waals surface area contributed by atoms with Crippen molar-refractivity contribution in [2.45, 2.75) is 97.6 Å². The summed E-state index contributed by atoms with van der Waals surface area (Å²) in [5.41, 5.74) is 0.365.